The van der Waals surface area contributed by atoms with Crippen LogP contribution in [0.15, 0.2) is 36.5 Å². The summed E-state index contributed by atoms with van der Waals surface area (Å²) in [6, 6.07) is 9.29. The van der Waals surface area contributed by atoms with E-state index in [1.54, 1.807) is 12.3 Å². The van der Waals surface area contributed by atoms with Gasteiger partial charge in [0.1, 0.15) is 0 Å². The standard InChI is InChI=1S/C13H13N3O2/c14-11(17)6-7-12(18)16-10-5-1-3-9-4-2-8-15-13(9)10/h1-5,8H,6-7H2,(H2,14,17)(H,16,18). The summed E-state index contributed by atoms with van der Waals surface area (Å²) >= 11 is 0. The van der Waals surface area contributed by atoms with Gasteiger partial charge in [0.15, 0.2) is 0 Å². The Bertz CT molecular complexity index is 590. The molecular weight excluding hydrogens is 230 g/mol. The van der Waals surface area contributed by atoms with E-state index in [1.807, 2.05) is 24.3 Å². The molecule has 0 aliphatic heterocycles. The highest BCUT2D eigenvalue weighted by atomic mass is 16.2. The van der Waals surface area contributed by atoms with E-state index in [9.17, 15) is 9.59 Å². The van der Waals surface area contributed by atoms with Crippen molar-refractivity contribution in [3.63, 3.8) is 0 Å². The Balaban J connectivity index is 2.16. The van der Waals surface area contributed by atoms with Crippen LogP contribution in [0.5, 0.6) is 0 Å². The molecule has 0 bridgehead atoms. The van der Waals surface area contributed by atoms with Gasteiger partial charge in [-0.25, -0.2) is 0 Å². The minimum Gasteiger partial charge on any atom is -0.370 e. The summed E-state index contributed by atoms with van der Waals surface area (Å²) in [6.45, 7) is 0. The van der Waals surface area contributed by atoms with Gasteiger partial charge in [-0.3, -0.25) is 14.6 Å². The SMILES string of the molecule is NC(=O)CCC(=O)Nc1cccc2cccnc12. The Morgan fingerprint density at radius 1 is 1.17 bits per heavy atom. The number of nitrogens with one attached hydrogen (secondary N) is 1. The Morgan fingerprint density at radius 3 is 2.72 bits per heavy atom. The molecule has 1 aromatic carbocycles. The number of nitrogens with two attached hydrogens (primary N) is 1. The zero-order valence-corrected chi connectivity index (χ0v) is 9.72. The van der Waals surface area contributed by atoms with Crippen LogP contribution in [0.3, 0.4) is 0 Å². The van der Waals surface area contributed by atoms with Crippen LogP contribution in [0.1, 0.15) is 12.8 Å². The number of aromatic nitrogens is 1. The Kier molecular flexibility index (Phi) is 3.52. The Hall–Kier alpha value is -2.43. The van der Waals surface area contributed by atoms with Gasteiger partial charge in [-0.05, 0) is 12.1 Å². The van der Waals surface area contributed by atoms with Gasteiger partial charge in [0.05, 0.1) is 11.2 Å². The second-order valence-electron chi connectivity index (χ2n) is 3.90. The summed E-state index contributed by atoms with van der Waals surface area (Å²) in [4.78, 5) is 26.4. The van der Waals surface area contributed by atoms with Crippen LogP contribution in [0.2, 0.25) is 0 Å². The summed E-state index contributed by atoms with van der Waals surface area (Å²) in [5.41, 5.74) is 6.36. The fourth-order valence-electron chi connectivity index (χ4n) is 1.65. The molecule has 92 valence electrons. The molecule has 0 spiro atoms. The number of primary amides is 1. The van der Waals surface area contributed by atoms with E-state index >= 15 is 0 Å². The topological polar surface area (TPSA) is 85.1 Å². The van der Waals surface area contributed by atoms with Crippen molar-refractivity contribution in [1.29, 1.82) is 0 Å². The van der Waals surface area contributed by atoms with E-state index in [2.05, 4.69) is 10.3 Å². The third-order valence-corrected chi connectivity index (χ3v) is 2.51. The minimum atomic E-state index is -0.485. The van der Waals surface area contributed by atoms with Gasteiger partial charge in [-0.15, -0.1) is 0 Å². The number of carbonyl (C=O) groups excluding carboxylic acids is 2. The monoisotopic (exact) mass is 243 g/mol. The number of para-hydroxylation sites is 1. The lowest BCUT2D eigenvalue weighted by atomic mass is 10.2. The zero-order valence-electron chi connectivity index (χ0n) is 9.72. The van der Waals surface area contributed by atoms with Crippen LogP contribution in [0.4, 0.5) is 5.69 Å². The van der Waals surface area contributed by atoms with Gasteiger partial charge < -0.3 is 11.1 Å². The second kappa shape index (κ2) is 5.27. The maximum Gasteiger partial charge on any atom is 0.224 e. The van der Waals surface area contributed by atoms with Crippen molar-refractivity contribution in [2.45, 2.75) is 12.8 Å². The highest BCUT2D eigenvalue weighted by Crippen LogP contribution is 2.20. The Labute approximate surface area is 104 Å². The predicted molar refractivity (Wildman–Crippen MR) is 68.8 cm³/mol. The van der Waals surface area contributed by atoms with E-state index in [0.29, 0.717) is 5.69 Å². The summed E-state index contributed by atoms with van der Waals surface area (Å²) < 4.78 is 0. The molecule has 0 saturated heterocycles. The number of fused-ring (bicyclic) bond motifs is 1. The van der Waals surface area contributed by atoms with Gasteiger partial charge in [0.2, 0.25) is 11.8 Å². The van der Waals surface area contributed by atoms with Crippen molar-refractivity contribution in [3.8, 4) is 0 Å². The lowest BCUT2D eigenvalue weighted by Gasteiger charge is -2.07. The van der Waals surface area contributed by atoms with Gasteiger partial charge in [-0.2, -0.15) is 0 Å². The van der Waals surface area contributed by atoms with Crippen LogP contribution in [-0.4, -0.2) is 16.8 Å². The molecule has 0 saturated carbocycles. The number of rotatable bonds is 4. The molecule has 0 aliphatic carbocycles. The van der Waals surface area contributed by atoms with Crippen molar-refractivity contribution in [2.24, 2.45) is 5.73 Å². The maximum absolute atomic E-state index is 11.6. The van der Waals surface area contributed by atoms with Gasteiger partial charge in [0.25, 0.3) is 0 Å². The van der Waals surface area contributed by atoms with Crippen molar-refractivity contribution in [2.75, 3.05) is 5.32 Å². The highest BCUT2D eigenvalue weighted by Gasteiger charge is 2.07. The molecule has 1 aromatic heterocycles. The first-order chi connectivity index (χ1) is 8.66. The van der Waals surface area contributed by atoms with Gasteiger partial charge in [-0.1, -0.05) is 18.2 Å². The molecule has 2 amide bonds. The summed E-state index contributed by atoms with van der Waals surface area (Å²) in [5, 5.41) is 3.68. The van der Waals surface area contributed by atoms with Crippen LogP contribution in [0, 0.1) is 0 Å². The molecule has 3 N–H and O–H groups in total. The molecule has 1 heterocycles. The number of nitrogens with zero attached hydrogens (tertiary/aromatic N) is 1. The predicted octanol–water partition coefficient (Wildman–Crippen LogP) is 1.44. The number of carbonyl (C=O) groups is 2. The molecule has 2 rings (SSSR count). The maximum atomic E-state index is 11.6. The normalized spacial score (nSPS) is 10.2. The average molecular weight is 243 g/mol. The molecular formula is C13H13N3O2. The molecule has 5 nitrogen and oxygen atoms in total. The van der Waals surface area contributed by atoms with Crippen LogP contribution in [-0.2, 0) is 9.59 Å². The third kappa shape index (κ3) is 2.82. The molecule has 0 aliphatic rings. The molecule has 0 fully saturated rings. The number of benzene rings is 1. The third-order valence-electron chi connectivity index (χ3n) is 2.51. The van der Waals surface area contributed by atoms with Crippen molar-refractivity contribution in [3.05, 3.63) is 36.5 Å². The van der Waals surface area contributed by atoms with Crippen molar-refractivity contribution in [1.82, 2.24) is 4.98 Å². The van der Waals surface area contributed by atoms with E-state index in [1.165, 1.54) is 0 Å². The summed E-state index contributed by atoms with van der Waals surface area (Å²) in [7, 11) is 0. The fourth-order valence-corrected chi connectivity index (χ4v) is 1.65. The fraction of sp³-hybridized carbons (Fsp3) is 0.154. The smallest absolute Gasteiger partial charge is 0.224 e. The summed E-state index contributed by atoms with van der Waals surface area (Å²) in [6.07, 6.45) is 1.80. The van der Waals surface area contributed by atoms with E-state index in [0.717, 1.165) is 10.9 Å². The first-order valence-corrected chi connectivity index (χ1v) is 5.59. The lowest BCUT2D eigenvalue weighted by Crippen LogP contribution is -2.17. The first kappa shape index (κ1) is 12.0. The van der Waals surface area contributed by atoms with E-state index in [-0.39, 0.29) is 18.7 Å². The number of hydrogen-bond acceptors (Lipinski definition) is 3. The van der Waals surface area contributed by atoms with E-state index < -0.39 is 5.91 Å². The molecule has 18 heavy (non-hydrogen) atoms. The van der Waals surface area contributed by atoms with Crippen LogP contribution < -0.4 is 11.1 Å². The van der Waals surface area contributed by atoms with E-state index in [4.69, 9.17) is 5.73 Å². The van der Waals surface area contributed by atoms with Crippen molar-refractivity contribution >= 4 is 28.4 Å². The molecule has 0 atom stereocenters. The van der Waals surface area contributed by atoms with Gasteiger partial charge >= 0.3 is 0 Å². The molecule has 0 radical (unpaired) electrons. The van der Waals surface area contributed by atoms with Crippen LogP contribution in [0.25, 0.3) is 10.9 Å². The van der Waals surface area contributed by atoms with Crippen LogP contribution >= 0.6 is 0 Å². The second-order valence-corrected chi connectivity index (χ2v) is 3.90. The van der Waals surface area contributed by atoms with Crippen molar-refractivity contribution < 1.29 is 9.59 Å². The zero-order chi connectivity index (χ0) is 13.0. The Morgan fingerprint density at radius 2 is 1.94 bits per heavy atom. The largest absolute Gasteiger partial charge is 0.370 e. The highest BCUT2D eigenvalue weighted by molar-refractivity contribution is 6.00. The quantitative estimate of drug-likeness (QED) is 0.852. The molecule has 5 heteroatoms. The molecule has 2 aromatic rings. The number of amides is 2. The minimum absolute atomic E-state index is 0.0457. The number of anilines is 1. The van der Waals surface area contributed by atoms with Gasteiger partial charge in [0, 0.05) is 24.4 Å². The first-order valence-electron chi connectivity index (χ1n) is 5.59. The number of pyridine rings is 1. The summed E-state index contributed by atoms with van der Waals surface area (Å²) in [5.74, 6) is -0.729. The molecule has 0 unspecified atom stereocenters. The number of hydrogen-bond donors (Lipinski definition) is 2. The average Bonchev–Trinajstić information content (AvgIpc) is 2.37. The lowest BCUT2D eigenvalue weighted by molar-refractivity contribution is -0.122.